The number of rotatable bonds is 4. The second kappa shape index (κ2) is 6.62. The van der Waals surface area contributed by atoms with E-state index < -0.39 is 0 Å². The molecule has 3 aromatic rings. The summed E-state index contributed by atoms with van der Waals surface area (Å²) in [6.45, 7) is 0. The normalized spacial score (nSPS) is 10.5. The minimum Gasteiger partial charge on any atom is -0.377 e. The lowest BCUT2D eigenvalue weighted by molar-refractivity contribution is -0.638. The standard InChI is InChI=1S/C18H22N6/c1-21(2)15-5-11-23(12-6-15)17-18(20-10-9-19-17)24-13-7-16(8-14-24)22(3)4/h5-14H,1-4H3/q+2. The monoisotopic (exact) mass is 322 g/mol. The van der Waals surface area contributed by atoms with E-state index in [2.05, 4.69) is 44.0 Å². The largest absolute Gasteiger partial charge is 0.423 e. The maximum Gasteiger partial charge on any atom is 0.423 e. The molecule has 0 unspecified atom stereocenters. The van der Waals surface area contributed by atoms with Gasteiger partial charge in [-0.1, -0.05) is 0 Å². The first-order valence-electron chi connectivity index (χ1n) is 7.75. The molecule has 0 atom stereocenters. The quantitative estimate of drug-likeness (QED) is 0.676. The Bertz CT molecular complexity index is 739. The van der Waals surface area contributed by atoms with Crippen molar-refractivity contribution < 1.29 is 9.13 Å². The van der Waals surface area contributed by atoms with Gasteiger partial charge in [-0.25, -0.2) is 0 Å². The van der Waals surface area contributed by atoms with E-state index in [1.54, 1.807) is 12.4 Å². The van der Waals surface area contributed by atoms with E-state index in [-0.39, 0.29) is 0 Å². The van der Waals surface area contributed by atoms with Gasteiger partial charge in [0, 0.05) is 63.8 Å². The molecule has 0 saturated carbocycles. The lowest BCUT2D eigenvalue weighted by atomic mass is 10.3. The lowest BCUT2D eigenvalue weighted by Crippen LogP contribution is -2.40. The summed E-state index contributed by atoms with van der Waals surface area (Å²) in [6.07, 6.45) is 11.4. The molecule has 0 N–H and O–H groups in total. The summed E-state index contributed by atoms with van der Waals surface area (Å²) in [4.78, 5) is 13.2. The van der Waals surface area contributed by atoms with Crippen LogP contribution >= 0.6 is 0 Å². The number of anilines is 2. The van der Waals surface area contributed by atoms with Crippen LogP contribution in [0.4, 0.5) is 11.4 Å². The van der Waals surface area contributed by atoms with Gasteiger partial charge in [-0.3, -0.25) is 0 Å². The van der Waals surface area contributed by atoms with Crippen LogP contribution in [0.15, 0.2) is 61.4 Å². The van der Waals surface area contributed by atoms with Crippen LogP contribution in [0.2, 0.25) is 0 Å². The molecule has 0 saturated heterocycles. The second-order valence-corrected chi connectivity index (χ2v) is 5.92. The molecule has 24 heavy (non-hydrogen) atoms. The fraction of sp³-hybridized carbons (Fsp3) is 0.222. The molecule has 0 aliphatic carbocycles. The van der Waals surface area contributed by atoms with Crippen molar-refractivity contribution in [1.82, 2.24) is 9.97 Å². The van der Waals surface area contributed by atoms with Crippen molar-refractivity contribution in [3.8, 4) is 11.6 Å². The maximum absolute atomic E-state index is 4.51. The second-order valence-electron chi connectivity index (χ2n) is 5.92. The van der Waals surface area contributed by atoms with Gasteiger partial charge in [-0.2, -0.15) is 9.13 Å². The number of hydrogen-bond donors (Lipinski definition) is 0. The average molecular weight is 322 g/mol. The van der Waals surface area contributed by atoms with Crippen LogP contribution in [0.5, 0.6) is 0 Å². The summed E-state index contributed by atoms with van der Waals surface area (Å²) in [5, 5.41) is 0. The predicted molar refractivity (Wildman–Crippen MR) is 93.8 cm³/mol. The Morgan fingerprint density at radius 2 is 0.958 bits per heavy atom. The van der Waals surface area contributed by atoms with Gasteiger partial charge in [0.25, 0.3) is 0 Å². The fourth-order valence-electron chi connectivity index (χ4n) is 2.40. The molecule has 0 fully saturated rings. The summed E-state index contributed by atoms with van der Waals surface area (Å²) in [7, 11) is 8.09. The van der Waals surface area contributed by atoms with Crippen LogP contribution in [-0.4, -0.2) is 38.2 Å². The molecule has 0 amide bonds. The zero-order chi connectivity index (χ0) is 17.1. The van der Waals surface area contributed by atoms with Gasteiger partial charge in [0.2, 0.25) is 0 Å². The van der Waals surface area contributed by atoms with Crippen LogP contribution in [0.25, 0.3) is 11.6 Å². The topological polar surface area (TPSA) is 40.0 Å². The molecule has 6 nitrogen and oxygen atoms in total. The van der Waals surface area contributed by atoms with Crippen molar-refractivity contribution in [2.75, 3.05) is 38.0 Å². The summed E-state index contributed by atoms with van der Waals surface area (Å²) in [5.41, 5.74) is 2.28. The minimum atomic E-state index is 0.783. The number of nitrogens with zero attached hydrogens (tertiary/aromatic N) is 6. The van der Waals surface area contributed by atoms with Gasteiger partial charge < -0.3 is 9.80 Å². The molecule has 0 aliphatic rings. The van der Waals surface area contributed by atoms with E-state index in [4.69, 9.17) is 0 Å². The van der Waals surface area contributed by atoms with Crippen molar-refractivity contribution in [1.29, 1.82) is 0 Å². The first-order valence-corrected chi connectivity index (χ1v) is 7.75. The molecule has 6 heteroatoms. The average Bonchev–Trinajstić information content (AvgIpc) is 2.62. The van der Waals surface area contributed by atoms with Crippen LogP contribution in [0.1, 0.15) is 0 Å². The Hall–Kier alpha value is -3.02. The smallest absolute Gasteiger partial charge is 0.377 e. The highest BCUT2D eigenvalue weighted by atomic mass is 15.2. The van der Waals surface area contributed by atoms with Crippen molar-refractivity contribution >= 4 is 11.4 Å². The Balaban J connectivity index is 2.01. The summed E-state index contributed by atoms with van der Waals surface area (Å²) >= 11 is 0. The molecule has 0 bridgehead atoms. The Labute approximate surface area is 142 Å². The SMILES string of the molecule is CN(C)c1cc[n+](-c2nccnc2-[n+]2ccc(N(C)C)cc2)cc1. The Kier molecular flexibility index (Phi) is 4.37. The third kappa shape index (κ3) is 3.17. The first-order chi connectivity index (χ1) is 11.6. The first kappa shape index (κ1) is 15.9. The highest BCUT2D eigenvalue weighted by Gasteiger charge is 2.25. The van der Waals surface area contributed by atoms with E-state index in [1.807, 2.05) is 62.1 Å². The van der Waals surface area contributed by atoms with E-state index in [0.717, 1.165) is 23.0 Å². The van der Waals surface area contributed by atoms with Crippen molar-refractivity contribution in [2.45, 2.75) is 0 Å². The van der Waals surface area contributed by atoms with E-state index in [9.17, 15) is 0 Å². The molecule has 0 spiro atoms. The maximum atomic E-state index is 4.51. The number of hydrogen-bond acceptors (Lipinski definition) is 4. The molecule has 3 heterocycles. The third-order valence-electron chi connectivity index (χ3n) is 3.81. The van der Waals surface area contributed by atoms with Crippen LogP contribution in [0, 0.1) is 0 Å². The van der Waals surface area contributed by atoms with Crippen LogP contribution < -0.4 is 18.9 Å². The molecular weight excluding hydrogens is 300 g/mol. The number of pyridine rings is 2. The third-order valence-corrected chi connectivity index (χ3v) is 3.81. The summed E-state index contributed by atoms with van der Waals surface area (Å²) in [6, 6.07) is 8.22. The highest BCUT2D eigenvalue weighted by Crippen LogP contribution is 2.10. The zero-order valence-electron chi connectivity index (χ0n) is 14.5. The summed E-state index contributed by atoms with van der Waals surface area (Å²) < 4.78 is 3.95. The molecule has 3 aromatic heterocycles. The van der Waals surface area contributed by atoms with Crippen LogP contribution in [0.3, 0.4) is 0 Å². The van der Waals surface area contributed by atoms with Gasteiger partial charge in [0.1, 0.15) is 0 Å². The predicted octanol–water partition coefficient (Wildman–Crippen LogP) is 1.16. The van der Waals surface area contributed by atoms with E-state index in [1.165, 1.54) is 0 Å². The molecule has 3 rings (SSSR count). The van der Waals surface area contributed by atoms with E-state index in [0.29, 0.717) is 0 Å². The van der Waals surface area contributed by atoms with Gasteiger partial charge in [-0.05, 0) is 9.97 Å². The number of aromatic nitrogens is 4. The Morgan fingerprint density at radius 1 is 0.625 bits per heavy atom. The van der Waals surface area contributed by atoms with Crippen LogP contribution in [-0.2, 0) is 0 Å². The van der Waals surface area contributed by atoms with Crippen molar-refractivity contribution in [3.05, 3.63) is 61.4 Å². The molecule has 0 aromatic carbocycles. The molecule has 122 valence electrons. The molecular formula is C18H22N6+2. The van der Waals surface area contributed by atoms with Gasteiger partial charge in [0.15, 0.2) is 12.4 Å². The minimum absolute atomic E-state index is 0.783. The molecule has 0 radical (unpaired) electrons. The fourth-order valence-corrected chi connectivity index (χ4v) is 2.40. The van der Waals surface area contributed by atoms with Gasteiger partial charge >= 0.3 is 11.6 Å². The van der Waals surface area contributed by atoms with Gasteiger partial charge in [-0.15, -0.1) is 0 Å². The molecule has 0 aliphatic heterocycles. The summed E-state index contributed by atoms with van der Waals surface area (Å²) in [5.74, 6) is 1.57. The zero-order valence-corrected chi connectivity index (χ0v) is 14.5. The van der Waals surface area contributed by atoms with E-state index >= 15 is 0 Å². The van der Waals surface area contributed by atoms with Crippen molar-refractivity contribution in [3.63, 3.8) is 0 Å². The Morgan fingerprint density at radius 3 is 1.25 bits per heavy atom. The lowest BCUT2D eigenvalue weighted by Gasteiger charge is -2.11. The highest BCUT2D eigenvalue weighted by molar-refractivity contribution is 5.43. The van der Waals surface area contributed by atoms with Crippen molar-refractivity contribution in [2.24, 2.45) is 0 Å². The van der Waals surface area contributed by atoms with Gasteiger partial charge in [0.05, 0.1) is 24.8 Å².